The average molecular weight is 350 g/mol. The second kappa shape index (κ2) is 6.77. The van der Waals surface area contributed by atoms with Gasteiger partial charge in [-0.2, -0.15) is 13.2 Å². The normalized spacial score (nSPS) is 16.8. The molecule has 9 heteroatoms. The lowest BCUT2D eigenvalue weighted by atomic mass is 9.96. The number of rotatable bonds is 3. The minimum absolute atomic E-state index is 0.0773. The van der Waals surface area contributed by atoms with Gasteiger partial charge in [-0.05, 0) is 37.1 Å². The molecular weight excluding hydrogens is 333 g/mol. The minimum Gasteiger partial charge on any atom is -0.335 e. The number of carbonyl (C=O) groups is 1. The number of halogens is 3. The van der Waals surface area contributed by atoms with E-state index in [4.69, 9.17) is 0 Å². The Balaban J connectivity index is 2.01. The molecule has 0 radical (unpaired) electrons. The lowest BCUT2D eigenvalue weighted by Gasteiger charge is -2.22. The maximum atomic E-state index is 12.5. The number of hydrogen-bond acceptors (Lipinski definition) is 3. The van der Waals surface area contributed by atoms with Crippen molar-refractivity contribution in [3.63, 3.8) is 0 Å². The number of amides is 2. The van der Waals surface area contributed by atoms with Crippen molar-refractivity contribution in [2.75, 3.05) is 0 Å². The summed E-state index contributed by atoms with van der Waals surface area (Å²) in [4.78, 5) is 11.3. The maximum Gasteiger partial charge on any atom is 0.416 e. The molecule has 0 spiro atoms. The maximum absolute atomic E-state index is 12.5. The third kappa shape index (κ3) is 4.85. The van der Waals surface area contributed by atoms with E-state index in [9.17, 15) is 26.4 Å². The van der Waals surface area contributed by atoms with E-state index in [-0.39, 0.29) is 6.04 Å². The Bertz CT molecular complexity index is 651. The van der Waals surface area contributed by atoms with Gasteiger partial charge in [0.1, 0.15) is 0 Å². The molecule has 2 N–H and O–H groups in total. The standard InChI is InChI=1S/C14H17F3N2O3S/c15-14(16,17)10-6-8-12(9-7-10)23(21,22)19-13(20)18-11-4-2-1-3-5-11/h6-9,11H,1-5H2,(H2,18,19,20). The molecule has 128 valence electrons. The van der Waals surface area contributed by atoms with Crippen LogP contribution in [0.4, 0.5) is 18.0 Å². The summed E-state index contributed by atoms with van der Waals surface area (Å²) >= 11 is 0. The first kappa shape index (κ1) is 17.6. The van der Waals surface area contributed by atoms with Gasteiger partial charge in [-0.1, -0.05) is 19.3 Å². The van der Waals surface area contributed by atoms with Gasteiger partial charge in [-0.15, -0.1) is 0 Å². The molecule has 1 aromatic rings. The highest BCUT2D eigenvalue weighted by Gasteiger charge is 2.31. The summed E-state index contributed by atoms with van der Waals surface area (Å²) < 4.78 is 63.2. The highest BCUT2D eigenvalue weighted by molar-refractivity contribution is 7.90. The Morgan fingerprint density at radius 3 is 2.13 bits per heavy atom. The lowest BCUT2D eigenvalue weighted by molar-refractivity contribution is -0.137. The van der Waals surface area contributed by atoms with Crippen LogP contribution in [-0.4, -0.2) is 20.5 Å². The van der Waals surface area contributed by atoms with E-state index < -0.39 is 32.7 Å². The number of sulfonamides is 1. The number of carbonyl (C=O) groups excluding carboxylic acids is 1. The summed E-state index contributed by atoms with van der Waals surface area (Å²) in [5, 5.41) is 2.57. The van der Waals surface area contributed by atoms with Crippen molar-refractivity contribution in [1.29, 1.82) is 0 Å². The zero-order valence-corrected chi connectivity index (χ0v) is 13.0. The average Bonchev–Trinajstić information content (AvgIpc) is 2.47. The second-order valence-corrected chi connectivity index (χ2v) is 7.12. The van der Waals surface area contributed by atoms with Crippen LogP contribution in [0.5, 0.6) is 0 Å². The van der Waals surface area contributed by atoms with Crippen molar-refractivity contribution in [3.05, 3.63) is 29.8 Å². The van der Waals surface area contributed by atoms with Crippen LogP contribution in [0.3, 0.4) is 0 Å². The molecule has 23 heavy (non-hydrogen) atoms. The number of benzene rings is 1. The Labute approximate surface area is 132 Å². The summed E-state index contributed by atoms with van der Waals surface area (Å²) in [6, 6.07) is 2.02. The fourth-order valence-corrected chi connectivity index (χ4v) is 3.38. The number of alkyl halides is 3. The topological polar surface area (TPSA) is 75.3 Å². The van der Waals surface area contributed by atoms with E-state index in [1.165, 1.54) is 0 Å². The van der Waals surface area contributed by atoms with Gasteiger partial charge in [-0.25, -0.2) is 17.9 Å². The van der Waals surface area contributed by atoms with Gasteiger partial charge >= 0.3 is 12.2 Å². The smallest absolute Gasteiger partial charge is 0.335 e. The molecule has 1 fully saturated rings. The molecule has 0 atom stereocenters. The van der Waals surface area contributed by atoms with Crippen LogP contribution in [0.2, 0.25) is 0 Å². The SMILES string of the molecule is O=C(NC1CCCCC1)NS(=O)(=O)c1ccc(C(F)(F)F)cc1. The van der Waals surface area contributed by atoms with E-state index in [1.54, 1.807) is 0 Å². The molecule has 5 nitrogen and oxygen atoms in total. The van der Waals surface area contributed by atoms with Gasteiger partial charge in [0.15, 0.2) is 0 Å². The van der Waals surface area contributed by atoms with Gasteiger partial charge in [0.25, 0.3) is 10.0 Å². The fourth-order valence-electron chi connectivity index (χ4n) is 2.47. The largest absolute Gasteiger partial charge is 0.416 e. The predicted octanol–water partition coefficient (Wildman–Crippen LogP) is 3.03. The molecular formula is C14H17F3N2O3S. The van der Waals surface area contributed by atoms with Crippen LogP contribution in [-0.2, 0) is 16.2 Å². The summed E-state index contributed by atoms with van der Waals surface area (Å²) in [5.74, 6) is 0. The van der Waals surface area contributed by atoms with Crippen molar-refractivity contribution >= 4 is 16.1 Å². The van der Waals surface area contributed by atoms with Crippen molar-refractivity contribution in [2.45, 2.75) is 49.2 Å². The third-order valence-corrected chi connectivity index (χ3v) is 5.01. The first-order chi connectivity index (χ1) is 10.7. The number of urea groups is 1. The van der Waals surface area contributed by atoms with E-state index in [0.717, 1.165) is 44.2 Å². The van der Waals surface area contributed by atoms with Crippen LogP contribution in [0.25, 0.3) is 0 Å². The highest BCUT2D eigenvalue weighted by atomic mass is 32.2. The third-order valence-electron chi connectivity index (χ3n) is 3.66. The molecule has 0 bridgehead atoms. The molecule has 1 aliphatic carbocycles. The minimum atomic E-state index is -4.55. The van der Waals surface area contributed by atoms with Crippen molar-refractivity contribution in [3.8, 4) is 0 Å². The van der Waals surface area contributed by atoms with Crippen LogP contribution >= 0.6 is 0 Å². The zero-order valence-electron chi connectivity index (χ0n) is 12.2. The molecule has 1 saturated carbocycles. The highest BCUT2D eigenvalue weighted by Crippen LogP contribution is 2.29. The van der Waals surface area contributed by atoms with E-state index in [1.807, 2.05) is 4.72 Å². The predicted molar refractivity (Wildman–Crippen MR) is 77.2 cm³/mol. The van der Waals surface area contributed by atoms with Gasteiger partial charge in [0, 0.05) is 6.04 Å². The molecule has 2 rings (SSSR count). The van der Waals surface area contributed by atoms with Crippen molar-refractivity contribution in [2.24, 2.45) is 0 Å². The Morgan fingerprint density at radius 2 is 1.61 bits per heavy atom. The van der Waals surface area contributed by atoms with E-state index in [2.05, 4.69) is 5.32 Å². The Hall–Kier alpha value is -1.77. The molecule has 1 aromatic carbocycles. The van der Waals surface area contributed by atoms with Gasteiger partial charge in [0.05, 0.1) is 10.5 Å². The second-order valence-electron chi connectivity index (χ2n) is 5.44. The van der Waals surface area contributed by atoms with Gasteiger partial charge < -0.3 is 5.32 Å². The Kier molecular flexibility index (Phi) is 5.18. The van der Waals surface area contributed by atoms with Crippen LogP contribution < -0.4 is 10.0 Å². The molecule has 0 aliphatic heterocycles. The quantitative estimate of drug-likeness (QED) is 0.880. The summed E-state index contributed by atoms with van der Waals surface area (Å²) in [5.41, 5.74) is -0.955. The lowest BCUT2D eigenvalue weighted by Crippen LogP contribution is -2.45. The van der Waals surface area contributed by atoms with E-state index in [0.29, 0.717) is 12.1 Å². The van der Waals surface area contributed by atoms with Crippen LogP contribution in [0, 0.1) is 0 Å². The number of nitrogens with one attached hydrogen (secondary N) is 2. The molecule has 0 unspecified atom stereocenters. The Morgan fingerprint density at radius 1 is 1.04 bits per heavy atom. The molecule has 0 saturated heterocycles. The van der Waals surface area contributed by atoms with Crippen LogP contribution in [0.1, 0.15) is 37.7 Å². The number of hydrogen-bond donors (Lipinski definition) is 2. The van der Waals surface area contributed by atoms with Crippen molar-refractivity contribution < 1.29 is 26.4 Å². The first-order valence-corrected chi connectivity index (χ1v) is 8.67. The monoisotopic (exact) mass is 350 g/mol. The van der Waals surface area contributed by atoms with Gasteiger partial charge in [0.2, 0.25) is 0 Å². The summed E-state index contributed by atoms with van der Waals surface area (Å²) in [7, 11) is -4.20. The molecule has 1 aliphatic rings. The summed E-state index contributed by atoms with van der Waals surface area (Å²) in [6.07, 6.45) is 0.0480. The summed E-state index contributed by atoms with van der Waals surface area (Å²) in [6.45, 7) is 0. The van der Waals surface area contributed by atoms with Crippen LogP contribution in [0.15, 0.2) is 29.2 Å². The molecule has 0 heterocycles. The van der Waals surface area contributed by atoms with Gasteiger partial charge in [-0.3, -0.25) is 0 Å². The van der Waals surface area contributed by atoms with E-state index >= 15 is 0 Å². The van der Waals surface area contributed by atoms with Crippen molar-refractivity contribution in [1.82, 2.24) is 10.0 Å². The fraction of sp³-hybridized carbons (Fsp3) is 0.500. The molecule has 0 aromatic heterocycles. The zero-order chi connectivity index (χ0) is 17.1. The first-order valence-electron chi connectivity index (χ1n) is 7.19. The molecule has 2 amide bonds.